The van der Waals surface area contributed by atoms with Crippen LogP contribution >= 0.6 is 12.2 Å². The molecule has 1 aliphatic rings. The summed E-state index contributed by atoms with van der Waals surface area (Å²) in [6, 6.07) is 1.13. The molecule has 0 amide bonds. The molecule has 0 aromatic carbocycles. The molecule has 1 aliphatic heterocycles. The lowest BCUT2D eigenvalue weighted by atomic mass is 9.98. The first-order chi connectivity index (χ1) is 7.16. The van der Waals surface area contributed by atoms with Crippen LogP contribution in [0.5, 0.6) is 0 Å². The van der Waals surface area contributed by atoms with E-state index in [9.17, 15) is 0 Å². The predicted molar refractivity (Wildman–Crippen MR) is 67.1 cm³/mol. The van der Waals surface area contributed by atoms with Gasteiger partial charge in [-0.2, -0.15) is 0 Å². The number of hydrogen-bond donors (Lipinski definition) is 1. The first-order valence-electron chi connectivity index (χ1n) is 5.72. The molecule has 0 aromatic heterocycles. The molecule has 88 valence electrons. The Kier molecular flexibility index (Phi) is 5.32. The number of piperidine rings is 1. The summed E-state index contributed by atoms with van der Waals surface area (Å²) in [6.07, 6.45) is 3.81. The van der Waals surface area contributed by atoms with Crippen LogP contribution in [0, 0.1) is 0 Å². The van der Waals surface area contributed by atoms with Crippen LogP contribution in [0.4, 0.5) is 0 Å². The summed E-state index contributed by atoms with van der Waals surface area (Å²) in [5.41, 5.74) is 0. The summed E-state index contributed by atoms with van der Waals surface area (Å²) in [4.78, 5) is 2.33. The second kappa shape index (κ2) is 6.28. The van der Waals surface area contributed by atoms with Crippen LogP contribution in [-0.4, -0.2) is 42.4 Å². The molecule has 0 aliphatic carbocycles. The van der Waals surface area contributed by atoms with Crippen LogP contribution in [0.15, 0.2) is 0 Å². The van der Waals surface area contributed by atoms with Crippen LogP contribution in [-0.2, 0) is 4.74 Å². The van der Waals surface area contributed by atoms with E-state index in [0.29, 0.717) is 18.7 Å². The lowest BCUT2D eigenvalue weighted by Gasteiger charge is -2.40. The molecule has 0 unspecified atom stereocenters. The Morgan fingerprint density at radius 3 is 2.53 bits per heavy atom. The maximum Gasteiger partial charge on any atom is 0.169 e. The minimum absolute atomic E-state index is 0.566. The molecule has 15 heavy (non-hydrogen) atoms. The Morgan fingerprint density at radius 1 is 1.40 bits per heavy atom. The van der Waals surface area contributed by atoms with Crippen molar-refractivity contribution in [3.63, 3.8) is 0 Å². The zero-order valence-electron chi connectivity index (χ0n) is 9.95. The fourth-order valence-corrected chi connectivity index (χ4v) is 2.63. The van der Waals surface area contributed by atoms with Crippen molar-refractivity contribution in [2.75, 3.05) is 20.3 Å². The Morgan fingerprint density at radius 2 is 2.00 bits per heavy atom. The Hall–Kier alpha value is -0.350. The molecule has 1 fully saturated rings. The van der Waals surface area contributed by atoms with Crippen molar-refractivity contribution in [3.05, 3.63) is 0 Å². The van der Waals surface area contributed by atoms with Gasteiger partial charge in [-0.15, -0.1) is 0 Å². The molecule has 1 saturated heterocycles. The number of methoxy groups -OCH3 is 1. The van der Waals surface area contributed by atoms with Gasteiger partial charge in [0.25, 0.3) is 0 Å². The van der Waals surface area contributed by atoms with Gasteiger partial charge in [-0.3, -0.25) is 0 Å². The Bertz CT molecular complexity index is 201. The van der Waals surface area contributed by atoms with Gasteiger partial charge >= 0.3 is 0 Å². The minimum Gasteiger partial charge on any atom is -0.383 e. The SMILES string of the molecule is COCCNC(=S)N1[C@H](C)CCC[C@@H]1C. The quantitative estimate of drug-likeness (QED) is 0.590. The number of rotatable bonds is 3. The van der Waals surface area contributed by atoms with Crippen molar-refractivity contribution in [2.24, 2.45) is 0 Å². The third-order valence-electron chi connectivity index (χ3n) is 3.01. The predicted octanol–water partition coefficient (Wildman–Crippen LogP) is 1.77. The van der Waals surface area contributed by atoms with Crippen molar-refractivity contribution in [3.8, 4) is 0 Å². The van der Waals surface area contributed by atoms with Gasteiger partial charge in [-0.25, -0.2) is 0 Å². The Balaban J connectivity index is 2.41. The molecule has 1 N–H and O–H groups in total. The van der Waals surface area contributed by atoms with Crippen molar-refractivity contribution < 1.29 is 4.74 Å². The smallest absolute Gasteiger partial charge is 0.169 e. The molecule has 1 heterocycles. The average molecular weight is 230 g/mol. The van der Waals surface area contributed by atoms with Crippen molar-refractivity contribution in [1.29, 1.82) is 0 Å². The molecule has 4 heteroatoms. The second-order valence-corrected chi connectivity index (χ2v) is 4.65. The van der Waals surface area contributed by atoms with Gasteiger partial charge in [-0.05, 0) is 45.3 Å². The summed E-state index contributed by atoms with van der Waals surface area (Å²) in [5, 5.41) is 4.13. The fourth-order valence-electron chi connectivity index (χ4n) is 2.17. The summed E-state index contributed by atoms with van der Waals surface area (Å²) in [7, 11) is 1.71. The van der Waals surface area contributed by atoms with Gasteiger partial charge < -0.3 is 15.0 Å². The first-order valence-corrected chi connectivity index (χ1v) is 6.12. The highest BCUT2D eigenvalue weighted by atomic mass is 32.1. The van der Waals surface area contributed by atoms with E-state index in [-0.39, 0.29) is 0 Å². The average Bonchev–Trinajstić information content (AvgIpc) is 2.18. The van der Waals surface area contributed by atoms with Crippen molar-refractivity contribution >= 4 is 17.3 Å². The highest BCUT2D eigenvalue weighted by Gasteiger charge is 2.26. The van der Waals surface area contributed by atoms with Crippen LogP contribution in [0.3, 0.4) is 0 Å². The zero-order valence-corrected chi connectivity index (χ0v) is 10.8. The fraction of sp³-hybridized carbons (Fsp3) is 0.909. The van der Waals surface area contributed by atoms with E-state index in [0.717, 1.165) is 11.7 Å². The standard InChI is InChI=1S/C11H22N2OS/c1-9-5-4-6-10(2)13(9)11(15)12-7-8-14-3/h9-10H,4-8H2,1-3H3,(H,12,15)/t9-,10+. The number of nitrogens with zero attached hydrogens (tertiary/aromatic N) is 1. The maximum absolute atomic E-state index is 5.40. The summed E-state index contributed by atoms with van der Waals surface area (Å²) < 4.78 is 4.99. The van der Waals surface area contributed by atoms with Gasteiger partial charge in [0.1, 0.15) is 0 Å². The van der Waals surface area contributed by atoms with Crippen LogP contribution in [0.1, 0.15) is 33.1 Å². The molecular formula is C11H22N2OS. The van der Waals surface area contributed by atoms with E-state index < -0.39 is 0 Å². The largest absolute Gasteiger partial charge is 0.383 e. The van der Waals surface area contributed by atoms with Crippen LogP contribution < -0.4 is 5.32 Å². The van der Waals surface area contributed by atoms with Gasteiger partial charge in [0.2, 0.25) is 0 Å². The monoisotopic (exact) mass is 230 g/mol. The second-order valence-electron chi connectivity index (χ2n) is 4.26. The lowest BCUT2D eigenvalue weighted by Crippen LogP contribution is -2.52. The maximum atomic E-state index is 5.40. The molecule has 0 spiro atoms. The summed E-state index contributed by atoms with van der Waals surface area (Å²) in [6.45, 7) is 6.00. The van der Waals surface area contributed by atoms with Gasteiger partial charge in [0.15, 0.2) is 5.11 Å². The molecule has 0 radical (unpaired) electrons. The summed E-state index contributed by atoms with van der Waals surface area (Å²) >= 11 is 5.40. The number of nitrogens with one attached hydrogen (secondary N) is 1. The van der Waals surface area contributed by atoms with E-state index in [4.69, 9.17) is 17.0 Å². The van der Waals surface area contributed by atoms with E-state index in [1.165, 1.54) is 19.3 Å². The van der Waals surface area contributed by atoms with E-state index in [2.05, 4.69) is 24.1 Å². The minimum atomic E-state index is 0.566. The molecular weight excluding hydrogens is 208 g/mol. The zero-order chi connectivity index (χ0) is 11.3. The van der Waals surface area contributed by atoms with E-state index in [1.54, 1.807) is 7.11 Å². The van der Waals surface area contributed by atoms with Gasteiger partial charge in [-0.1, -0.05) is 0 Å². The summed E-state index contributed by atoms with van der Waals surface area (Å²) in [5.74, 6) is 0. The van der Waals surface area contributed by atoms with Gasteiger partial charge in [0, 0.05) is 25.7 Å². The normalized spacial score (nSPS) is 26.5. The first kappa shape index (κ1) is 12.7. The number of ether oxygens (including phenoxy) is 1. The molecule has 3 nitrogen and oxygen atoms in total. The van der Waals surface area contributed by atoms with E-state index >= 15 is 0 Å². The topological polar surface area (TPSA) is 24.5 Å². The highest BCUT2D eigenvalue weighted by molar-refractivity contribution is 7.80. The van der Waals surface area contributed by atoms with E-state index in [1.807, 2.05) is 0 Å². The lowest BCUT2D eigenvalue weighted by molar-refractivity contribution is 0.181. The molecule has 0 aromatic rings. The number of likely N-dealkylation sites (tertiary alicyclic amines) is 1. The third kappa shape index (κ3) is 3.61. The van der Waals surface area contributed by atoms with Crippen LogP contribution in [0.25, 0.3) is 0 Å². The third-order valence-corrected chi connectivity index (χ3v) is 3.37. The Labute approximate surface area is 98.2 Å². The van der Waals surface area contributed by atoms with Crippen molar-refractivity contribution in [1.82, 2.24) is 10.2 Å². The van der Waals surface area contributed by atoms with Crippen LogP contribution in [0.2, 0.25) is 0 Å². The highest BCUT2D eigenvalue weighted by Crippen LogP contribution is 2.22. The number of hydrogen-bond acceptors (Lipinski definition) is 2. The number of thiocarbonyl (C=S) groups is 1. The van der Waals surface area contributed by atoms with Crippen molar-refractivity contribution in [2.45, 2.75) is 45.2 Å². The molecule has 0 bridgehead atoms. The molecule has 0 saturated carbocycles. The molecule has 2 atom stereocenters. The molecule has 1 rings (SSSR count). The van der Waals surface area contributed by atoms with Gasteiger partial charge in [0.05, 0.1) is 6.61 Å².